The summed E-state index contributed by atoms with van der Waals surface area (Å²) in [5, 5.41) is 0. The quantitative estimate of drug-likeness (QED) is 0.721. The zero-order chi connectivity index (χ0) is 14.2. The Labute approximate surface area is 115 Å². The van der Waals surface area contributed by atoms with Crippen LogP contribution in [0.1, 0.15) is 6.92 Å². The Morgan fingerprint density at radius 1 is 1.42 bits per heavy atom. The molecule has 7 heteroatoms. The van der Waals surface area contributed by atoms with Crippen LogP contribution in [0.3, 0.4) is 0 Å². The van der Waals surface area contributed by atoms with E-state index in [2.05, 4.69) is 0 Å². The molecule has 0 unspecified atom stereocenters. The number of rotatable bonds is 3. The Hall–Kier alpha value is -1.50. The minimum Gasteiger partial charge on any atom is -0.469 e. The molecule has 1 saturated heterocycles. The van der Waals surface area contributed by atoms with Gasteiger partial charge in [-0.25, -0.2) is 9.69 Å². The van der Waals surface area contributed by atoms with Gasteiger partial charge in [-0.05, 0) is 23.7 Å². The molecule has 2 rings (SSSR count). The second-order valence-corrected chi connectivity index (χ2v) is 5.18. The number of cyclic esters (lactones) is 1. The van der Waals surface area contributed by atoms with Gasteiger partial charge in [0.25, 0.3) is 0 Å². The molecule has 0 aromatic carbocycles. The lowest BCUT2D eigenvalue weighted by Crippen LogP contribution is -2.47. The summed E-state index contributed by atoms with van der Waals surface area (Å²) in [6, 6.07) is 0. The van der Waals surface area contributed by atoms with E-state index >= 15 is 0 Å². The van der Waals surface area contributed by atoms with Gasteiger partial charge in [0.05, 0.1) is 25.5 Å². The van der Waals surface area contributed by atoms with Gasteiger partial charge in [0.15, 0.2) is 0 Å². The number of ether oxygens (including phenoxy) is 2. The van der Waals surface area contributed by atoms with Gasteiger partial charge in [0.1, 0.15) is 6.61 Å². The van der Waals surface area contributed by atoms with Crippen LogP contribution >= 0.6 is 11.8 Å². The van der Waals surface area contributed by atoms with E-state index in [4.69, 9.17) is 9.47 Å². The van der Waals surface area contributed by atoms with Crippen LogP contribution in [0.2, 0.25) is 0 Å². The molecule has 0 radical (unpaired) electrons. The molecule has 0 aromatic rings. The Bertz CT molecular complexity index is 473. The normalized spacial score (nSPS) is 26.1. The van der Waals surface area contributed by atoms with Crippen LogP contribution in [0, 0.1) is 11.8 Å². The van der Waals surface area contributed by atoms with Crippen molar-refractivity contribution in [1.82, 2.24) is 4.90 Å². The first-order valence-corrected chi connectivity index (χ1v) is 7.06. The fraction of sp³-hybridized carbons (Fsp3) is 0.583. The minimum atomic E-state index is -0.640. The molecule has 0 bridgehead atoms. The molecule has 104 valence electrons. The number of hydrogen-bond acceptors (Lipinski definition) is 6. The van der Waals surface area contributed by atoms with Crippen LogP contribution in [-0.4, -0.2) is 49.4 Å². The summed E-state index contributed by atoms with van der Waals surface area (Å²) in [6.45, 7) is 2.25. The van der Waals surface area contributed by atoms with Crippen LogP contribution in [0.15, 0.2) is 10.5 Å². The third-order valence-electron chi connectivity index (χ3n) is 3.44. The smallest absolute Gasteiger partial charge is 0.416 e. The van der Waals surface area contributed by atoms with Gasteiger partial charge in [0.2, 0.25) is 5.91 Å². The molecule has 2 atom stereocenters. The molecular formula is C12H15NO5S. The number of nitrogens with zero attached hydrogens (tertiary/aromatic N) is 1. The number of amides is 2. The summed E-state index contributed by atoms with van der Waals surface area (Å²) in [5.41, 5.74) is 0.838. The van der Waals surface area contributed by atoms with E-state index in [1.165, 1.54) is 18.9 Å². The summed E-state index contributed by atoms with van der Waals surface area (Å²) >= 11 is 1.42. The van der Waals surface area contributed by atoms with Gasteiger partial charge in [0, 0.05) is 0 Å². The van der Waals surface area contributed by atoms with Crippen LogP contribution in [0.4, 0.5) is 4.79 Å². The molecule has 0 saturated carbocycles. The zero-order valence-corrected chi connectivity index (χ0v) is 11.8. The van der Waals surface area contributed by atoms with Crippen molar-refractivity contribution < 1.29 is 23.9 Å². The molecule has 19 heavy (non-hydrogen) atoms. The first-order valence-electron chi connectivity index (χ1n) is 5.83. The second-order valence-electron chi connectivity index (χ2n) is 4.33. The van der Waals surface area contributed by atoms with Crippen molar-refractivity contribution in [2.24, 2.45) is 11.8 Å². The highest BCUT2D eigenvalue weighted by Gasteiger charge is 2.50. The van der Waals surface area contributed by atoms with Gasteiger partial charge >= 0.3 is 12.1 Å². The van der Waals surface area contributed by atoms with Gasteiger partial charge in [-0.3, -0.25) is 9.59 Å². The van der Waals surface area contributed by atoms with E-state index < -0.39 is 23.9 Å². The fourth-order valence-corrected chi connectivity index (χ4v) is 3.39. The van der Waals surface area contributed by atoms with Crippen LogP contribution in [0.5, 0.6) is 0 Å². The Morgan fingerprint density at radius 3 is 2.58 bits per heavy atom. The molecule has 0 aromatic heterocycles. The SMILES string of the molecule is COC(=O)[C@H]1C(C)=C(SC)[C@@H]1C(=O)N1CCOC1=O. The first-order chi connectivity index (χ1) is 9.02. The number of esters is 1. The van der Waals surface area contributed by atoms with Gasteiger partial charge < -0.3 is 9.47 Å². The number of imide groups is 1. The topological polar surface area (TPSA) is 72.9 Å². The van der Waals surface area contributed by atoms with Crippen LogP contribution in [0.25, 0.3) is 0 Å². The second kappa shape index (κ2) is 5.24. The van der Waals surface area contributed by atoms with Gasteiger partial charge in [-0.1, -0.05) is 0 Å². The lowest BCUT2D eigenvalue weighted by atomic mass is 9.74. The van der Waals surface area contributed by atoms with Crippen molar-refractivity contribution in [3.63, 3.8) is 0 Å². The van der Waals surface area contributed by atoms with E-state index in [9.17, 15) is 14.4 Å². The molecule has 1 fully saturated rings. The summed E-state index contributed by atoms with van der Waals surface area (Å²) < 4.78 is 9.47. The van der Waals surface area contributed by atoms with Gasteiger partial charge in [-0.2, -0.15) is 0 Å². The molecule has 1 aliphatic heterocycles. The van der Waals surface area contributed by atoms with Crippen molar-refractivity contribution in [3.05, 3.63) is 10.5 Å². The minimum absolute atomic E-state index is 0.206. The summed E-state index contributed by atoms with van der Waals surface area (Å²) in [7, 11) is 1.29. The Balaban J connectivity index is 2.24. The van der Waals surface area contributed by atoms with E-state index in [1.54, 1.807) is 6.92 Å². The number of hydrogen-bond donors (Lipinski definition) is 0. The molecular weight excluding hydrogens is 270 g/mol. The maximum atomic E-state index is 12.4. The molecule has 0 spiro atoms. The number of carbonyl (C=O) groups excluding carboxylic acids is 3. The molecule has 1 heterocycles. The number of carbonyl (C=O) groups is 3. The van der Waals surface area contributed by atoms with Crippen molar-refractivity contribution in [3.8, 4) is 0 Å². The maximum Gasteiger partial charge on any atom is 0.416 e. The molecule has 2 amide bonds. The fourth-order valence-electron chi connectivity index (χ4n) is 2.45. The van der Waals surface area contributed by atoms with E-state index in [0.717, 1.165) is 15.4 Å². The molecule has 0 N–H and O–H groups in total. The highest BCUT2D eigenvalue weighted by atomic mass is 32.2. The monoisotopic (exact) mass is 285 g/mol. The van der Waals surface area contributed by atoms with Crippen LogP contribution < -0.4 is 0 Å². The standard InChI is InChI=1S/C12H15NO5S/c1-6-7(11(15)17-2)8(9(6)19-3)10(14)13-4-5-18-12(13)16/h7-8H,4-5H2,1-3H3/t7-,8+/m0/s1. The maximum absolute atomic E-state index is 12.4. The largest absolute Gasteiger partial charge is 0.469 e. The lowest BCUT2D eigenvalue weighted by molar-refractivity contribution is -0.150. The zero-order valence-electron chi connectivity index (χ0n) is 11.0. The van der Waals surface area contributed by atoms with E-state index in [1.807, 2.05) is 6.26 Å². The van der Waals surface area contributed by atoms with E-state index in [-0.39, 0.29) is 19.1 Å². The number of methoxy groups -OCH3 is 1. The lowest BCUT2D eigenvalue weighted by Gasteiger charge is -2.38. The predicted octanol–water partition coefficient (Wildman–Crippen LogP) is 1.02. The predicted molar refractivity (Wildman–Crippen MR) is 68.3 cm³/mol. The summed E-state index contributed by atoms with van der Waals surface area (Å²) in [4.78, 5) is 37.4. The summed E-state index contributed by atoms with van der Waals surface area (Å²) in [6.07, 6.45) is 1.20. The van der Waals surface area contributed by atoms with Crippen molar-refractivity contribution >= 4 is 29.7 Å². The highest BCUT2D eigenvalue weighted by molar-refractivity contribution is 8.02. The third kappa shape index (κ3) is 2.11. The van der Waals surface area contributed by atoms with Crippen molar-refractivity contribution in [2.75, 3.05) is 26.5 Å². The van der Waals surface area contributed by atoms with Gasteiger partial charge in [-0.15, -0.1) is 11.8 Å². The Morgan fingerprint density at radius 2 is 2.11 bits per heavy atom. The van der Waals surface area contributed by atoms with Crippen LogP contribution in [-0.2, 0) is 19.1 Å². The summed E-state index contributed by atoms with van der Waals surface area (Å²) in [5.74, 6) is -2.03. The third-order valence-corrected chi connectivity index (χ3v) is 4.45. The highest BCUT2D eigenvalue weighted by Crippen LogP contribution is 2.47. The Kier molecular flexibility index (Phi) is 3.84. The van der Waals surface area contributed by atoms with Crippen molar-refractivity contribution in [1.29, 1.82) is 0 Å². The molecule has 1 aliphatic carbocycles. The van der Waals surface area contributed by atoms with E-state index in [0.29, 0.717) is 0 Å². The van der Waals surface area contributed by atoms with Crippen molar-refractivity contribution in [2.45, 2.75) is 6.92 Å². The average molecular weight is 285 g/mol. The molecule has 2 aliphatic rings. The molecule has 6 nitrogen and oxygen atoms in total. The first kappa shape index (κ1) is 13.9. The average Bonchev–Trinajstić information content (AvgIpc) is 2.81. The number of thioether (sulfide) groups is 1.